The molecule has 2 aromatic rings. The van der Waals surface area contributed by atoms with Crippen molar-refractivity contribution in [1.29, 1.82) is 0 Å². The van der Waals surface area contributed by atoms with Crippen molar-refractivity contribution >= 4 is 24.0 Å². The predicted octanol–water partition coefficient (Wildman–Crippen LogP) is 8.16. The summed E-state index contributed by atoms with van der Waals surface area (Å²) in [6.45, 7) is 23.9. The Morgan fingerprint density at radius 3 is 1.97 bits per heavy atom. The number of benzene rings is 2. The summed E-state index contributed by atoms with van der Waals surface area (Å²) in [5.74, 6) is 0.944. The van der Waals surface area contributed by atoms with Gasteiger partial charge in [0.05, 0.1) is 0 Å². The lowest BCUT2D eigenvalue weighted by Gasteiger charge is -2.38. The fourth-order valence-corrected chi connectivity index (χ4v) is 4.33. The van der Waals surface area contributed by atoms with Crippen LogP contribution < -0.4 is 10.2 Å². The highest BCUT2D eigenvalue weighted by Crippen LogP contribution is 2.24. The molecule has 0 aromatic heterocycles. The number of aryl methyl sites for hydroxylation is 3. The van der Waals surface area contributed by atoms with Crippen molar-refractivity contribution in [3.63, 3.8) is 0 Å². The number of hydrogen-bond donors (Lipinski definition) is 2. The van der Waals surface area contributed by atoms with Crippen molar-refractivity contribution < 1.29 is 0 Å². The zero-order valence-electron chi connectivity index (χ0n) is 24.8. The minimum atomic E-state index is 0.944. The van der Waals surface area contributed by atoms with E-state index in [0.717, 1.165) is 44.0 Å². The summed E-state index contributed by atoms with van der Waals surface area (Å²) in [5, 5.41) is 3.42. The Labute approximate surface area is 235 Å². The van der Waals surface area contributed by atoms with Gasteiger partial charge < -0.3 is 15.1 Å². The maximum absolute atomic E-state index is 4.38. The van der Waals surface area contributed by atoms with Crippen LogP contribution in [0, 0.1) is 13.8 Å². The van der Waals surface area contributed by atoms with Gasteiger partial charge in [0.1, 0.15) is 0 Å². The van der Waals surface area contributed by atoms with Crippen LogP contribution in [-0.2, 0) is 6.42 Å². The highest BCUT2D eigenvalue weighted by Gasteiger charge is 2.19. The lowest BCUT2D eigenvalue weighted by Crippen LogP contribution is -2.45. The number of unbranched alkanes of at least 4 members (excludes halogenated alkanes) is 3. The van der Waals surface area contributed by atoms with Gasteiger partial charge in [-0.25, -0.2) is 0 Å². The number of thiol groups is 1. The van der Waals surface area contributed by atoms with Crippen molar-refractivity contribution in [2.75, 3.05) is 49.9 Å². The molecule has 1 heterocycles. The molecule has 37 heavy (non-hydrogen) atoms. The van der Waals surface area contributed by atoms with Crippen LogP contribution in [0.1, 0.15) is 82.1 Å². The van der Waals surface area contributed by atoms with Gasteiger partial charge in [0.25, 0.3) is 0 Å². The Morgan fingerprint density at radius 2 is 1.41 bits per heavy atom. The molecule has 1 aliphatic rings. The molecule has 0 unspecified atom stereocenters. The Hall–Kier alpha value is -1.91. The minimum absolute atomic E-state index is 0.944. The summed E-state index contributed by atoms with van der Waals surface area (Å²) < 4.78 is 0. The molecule has 1 N–H and O–H groups in total. The molecule has 0 amide bonds. The predicted molar refractivity (Wildman–Crippen MR) is 171 cm³/mol. The normalized spacial score (nSPS) is 12.8. The van der Waals surface area contributed by atoms with Gasteiger partial charge in [-0.15, -0.1) is 0 Å². The van der Waals surface area contributed by atoms with Gasteiger partial charge in [0, 0.05) is 37.6 Å². The average molecular weight is 526 g/mol. The first-order chi connectivity index (χ1) is 17.9. The molecule has 2 aromatic carbocycles. The van der Waals surface area contributed by atoms with Gasteiger partial charge in [-0.1, -0.05) is 82.9 Å². The van der Waals surface area contributed by atoms with Gasteiger partial charge in [0.2, 0.25) is 0 Å². The first-order valence-corrected chi connectivity index (χ1v) is 15.2. The number of piperazine rings is 1. The molecule has 1 aliphatic heterocycles. The summed E-state index contributed by atoms with van der Waals surface area (Å²) in [6.07, 6.45) is 7.75. The molecule has 3 nitrogen and oxygen atoms in total. The van der Waals surface area contributed by atoms with Gasteiger partial charge in [-0.05, 0) is 87.3 Å². The number of nitrogens with one attached hydrogen (secondary N) is 1. The molecule has 0 radical (unpaired) electrons. The highest BCUT2D eigenvalue weighted by molar-refractivity contribution is 7.80. The van der Waals surface area contributed by atoms with Crippen molar-refractivity contribution in [2.24, 2.45) is 0 Å². The molecule has 1 saturated heterocycles. The van der Waals surface area contributed by atoms with E-state index in [1.165, 1.54) is 73.1 Å². The molecule has 0 bridgehead atoms. The summed E-state index contributed by atoms with van der Waals surface area (Å²) >= 11 is 3.79. The average Bonchev–Trinajstić information content (AvgIpc) is 2.91. The van der Waals surface area contributed by atoms with Crippen molar-refractivity contribution in [2.45, 2.75) is 80.1 Å². The zero-order chi connectivity index (χ0) is 27.5. The number of hydrogen-bond acceptors (Lipinski definition) is 4. The van der Waals surface area contributed by atoms with Crippen LogP contribution >= 0.6 is 12.6 Å². The Morgan fingerprint density at radius 1 is 0.811 bits per heavy atom. The van der Waals surface area contributed by atoms with Gasteiger partial charge >= 0.3 is 0 Å². The molecule has 0 atom stereocenters. The molecule has 208 valence electrons. The van der Waals surface area contributed by atoms with Crippen LogP contribution in [0.5, 0.6) is 0 Å². The lowest BCUT2D eigenvalue weighted by molar-refractivity contribution is 0.368. The monoisotopic (exact) mass is 525 g/mol. The van der Waals surface area contributed by atoms with Crippen LogP contribution in [-0.4, -0.2) is 49.9 Å². The van der Waals surface area contributed by atoms with Crippen LogP contribution in [0.25, 0.3) is 5.70 Å². The van der Waals surface area contributed by atoms with E-state index in [9.17, 15) is 0 Å². The first-order valence-electron chi connectivity index (χ1n) is 14.6. The lowest BCUT2D eigenvalue weighted by atomic mass is 10.0. The molecule has 1 fully saturated rings. The highest BCUT2D eigenvalue weighted by atomic mass is 32.1. The van der Waals surface area contributed by atoms with E-state index >= 15 is 0 Å². The smallest absolute Gasteiger partial charge is 0.0368 e. The van der Waals surface area contributed by atoms with E-state index in [0.29, 0.717) is 0 Å². The summed E-state index contributed by atoms with van der Waals surface area (Å²) in [5.41, 5.74) is 7.80. The second-order valence-electron chi connectivity index (χ2n) is 9.94. The second-order valence-corrected chi connectivity index (χ2v) is 10.6. The number of anilines is 1. The quantitative estimate of drug-likeness (QED) is 0.228. The van der Waals surface area contributed by atoms with Crippen LogP contribution in [0.3, 0.4) is 0 Å². The topological polar surface area (TPSA) is 18.5 Å². The second kappa shape index (κ2) is 20.1. The van der Waals surface area contributed by atoms with E-state index < -0.39 is 0 Å². The third-order valence-electron chi connectivity index (χ3n) is 6.60. The van der Waals surface area contributed by atoms with Crippen molar-refractivity contribution in [1.82, 2.24) is 10.2 Å². The van der Waals surface area contributed by atoms with Crippen LogP contribution in [0.4, 0.5) is 5.69 Å². The third-order valence-corrected chi connectivity index (χ3v) is 6.60. The Balaban J connectivity index is 0.000000443. The summed E-state index contributed by atoms with van der Waals surface area (Å²) in [6, 6.07) is 15.7. The Kier molecular flexibility index (Phi) is 18.0. The Bertz CT molecular complexity index is 846. The van der Waals surface area contributed by atoms with Crippen molar-refractivity contribution in [3.8, 4) is 0 Å². The third kappa shape index (κ3) is 13.4. The maximum atomic E-state index is 4.38. The SMILES string of the molecule is C=C(c1cc(C)cc(CC)c1)N1CCN(c2ccc(C)cc2)CC1.CCCCCNCCCC.CCS. The molecule has 4 heteroatoms. The fraction of sp³-hybridized carbons (Fsp3) is 0.576. The largest absolute Gasteiger partial charge is 0.368 e. The van der Waals surface area contributed by atoms with E-state index in [2.05, 4.69) is 111 Å². The van der Waals surface area contributed by atoms with E-state index in [1.54, 1.807) is 0 Å². The molecule has 0 saturated carbocycles. The van der Waals surface area contributed by atoms with E-state index in [1.807, 2.05) is 6.92 Å². The summed E-state index contributed by atoms with van der Waals surface area (Å²) in [7, 11) is 0. The minimum Gasteiger partial charge on any atom is -0.368 e. The fourth-order valence-electron chi connectivity index (χ4n) is 4.33. The number of nitrogens with zero attached hydrogens (tertiary/aromatic N) is 2. The molecule has 3 rings (SSSR count). The molecular weight excluding hydrogens is 470 g/mol. The molecule has 0 spiro atoms. The van der Waals surface area contributed by atoms with Crippen LogP contribution in [0.15, 0.2) is 49.0 Å². The van der Waals surface area contributed by atoms with Gasteiger partial charge in [-0.3, -0.25) is 0 Å². The van der Waals surface area contributed by atoms with E-state index in [-0.39, 0.29) is 0 Å². The van der Waals surface area contributed by atoms with Crippen molar-refractivity contribution in [3.05, 3.63) is 71.3 Å². The van der Waals surface area contributed by atoms with Gasteiger partial charge in [-0.2, -0.15) is 12.6 Å². The molecular formula is C33H55N3S. The molecule has 0 aliphatic carbocycles. The van der Waals surface area contributed by atoms with Crippen LogP contribution in [0.2, 0.25) is 0 Å². The first kappa shape index (κ1) is 33.1. The number of rotatable bonds is 11. The zero-order valence-corrected chi connectivity index (χ0v) is 25.7. The maximum Gasteiger partial charge on any atom is 0.0368 e. The van der Waals surface area contributed by atoms with E-state index in [4.69, 9.17) is 0 Å². The summed E-state index contributed by atoms with van der Waals surface area (Å²) in [4.78, 5) is 4.90. The standard InChI is InChI=1S/C22H28N2.C9H21N.C2H6S/c1-5-20-14-18(3)15-21(16-20)19(4)23-10-12-24(13-11-23)22-8-6-17(2)7-9-22;1-3-5-7-9-10-8-6-4-2;1-2-3/h6-9,14-16H,4-5,10-13H2,1-3H3;10H,3-9H2,1-2H3;3H,2H2,1H3. The van der Waals surface area contributed by atoms with Gasteiger partial charge in [0.15, 0.2) is 0 Å².